The van der Waals surface area contributed by atoms with Crippen LogP contribution in [-0.2, 0) is 13.6 Å². The summed E-state index contributed by atoms with van der Waals surface area (Å²) in [4.78, 5) is 14.4. The smallest absolute Gasteiger partial charge is 0.292 e. The van der Waals surface area contributed by atoms with Crippen molar-refractivity contribution in [1.82, 2.24) is 9.55 Å². The molecule has 88 valence electrons. The van der Waals surface area contributed by atoms with Crippen molar-refractivity contribution >= 4 is 11.4 Å². The summed E-state index contributed by atoms with van der Waals surface area (Å²) >= 11 is 0. The molecule has 2 aromatic rings. The first-order valence-electron chi connectivity index (χ1n) is 5.11. The minimum Gasteiger partial charge on any atom is -0.374 e. The van der Waals surface area contributed by atoms with Crippen molar-refractivity contribution in [2.24, 2.45) is 7.05 Å². The summed E-state index contributed by atoms with van der Waals surface area (Å²) in [6.07, 6.45) is 3.41. The normalized spacial score (nSPS) is 10.2. The van der Waals surface area contributed by atoms with Crippen LogP contribution in [0.15, 0.2) is 36.8 Å². The number of hydrogen-bond donors (Lipinski definition) is 1. The van der Waals surface area contributed by atoms with Gasteiger partial charge >= 0.3 is 0 Å². The van der Waals surface area contributed by atoms with E-state index in [9.17, 15) is 10.1 Å². The number of aryl methyl sites for hydroxylation is 1. The van der Waals surface area contributed by atoms with E-state index in [4.69, 9.17) is 0 Å². The Labute approximate surface area is 98.1 Å². The van der Waals surface area contributed by atoms with E-state index >= 15 is 0 Å². The first kappa shape index (κ1) is 11.1. The lowest BCUT2D eigenvalue weighted by Gasteiger charge is -2.07. The zero-order valence-electron chi connectivity index (χ0n) is 9.33. The quantitative estimate of drug-likeness (QED) is 0.645. The Morgan fingerprint density at radius 1 is 1.47 bits per heavy atom. The van der Waals surface area contributed by atoms with Crippen LogP contribution in [0.5, 0.6) is 0 Å². The molecule has 0 spiro atoms. The van der Waals surface area contributed by atoms with Gasteiger partial charge < -0.3 is 9.88 Å². The van der Waals surface area contributed by atoms with Gasteiger partial charge in [0.05, 0.1) is 23.5 Å². The predicted molar refractivity (Wildman–Crippen MR) is 63.6 cm³/mol. The van der Waals surface area contributed by atoms with Gasteiger partial charge in [-0.3, -0.25) is 10.1 Å². The van der Waals surface area contributed by atoms with Gasteiger partial charge in [0.25, 0.3) is 5.69 Å². The third-order valence-corrected chi connectivity index (χ3v) is 2.48. The summed E-state index contributed by atoms with van der Waals surface area (Å²) in [6.45, 7) is 0.501. The molecule has 1 heterocycles. The van der Waals surface area contributed by atoms with Gasteiger partial charge in [0.1, 0.15) is 5.69 Å². The van der Waals surface area contributed by atoms with Crippen LogP contribution in [0.4, 0.5) is 11.4 Å². The Morgan fingerprint density at radius 2 is 2.24 bits per heavy atom. The van der Waals surface area contributed by atoms with Crippen molar-refractivity contribution in [1.29, 1.82) is 0 Å². The molecular formula is C11H12N4O2. The van der Waals surface area contributed by atoms with Crippen LogP contribution in [-0.4, -0.2) is 14.5 Å². The Balaban J connectivity index is 2.14. The highest BCUT2D eigenvalue weighted by atomic mass is 16.6. The van der Waals surface area contributed by atoms with Crippen LogP contribution in [0, 0.1) is 10.1 Å². The first-order chi connectivity index (χ1) is 8.18. The molecule has 0 amide bonds. The number of imidazole rings is 1. The maximum absolute atomic E-state index is 10.8. The molecule has 2 rings (SSSR count). The van der Waals surface area contributed by atoms with Crippen LogP contribution in [0.2, 0.25) is 0 Å². The maximum Gasteiger partial charge on any atom is 0.292 e. The highest BCUT2D eigenvalue weighted by Crippen LogP contribution is 2.23. The van der Waals surface area contributed by atoms with Crippen molar-refractivity contribution in [2.45, 2.75) is 6.54 Å². The van der Waals surface area contributed by atoms with Crippen molar-refractivity contribution in [3.8, 4) is 0 Å². The molecule has 6 nitrogen and oxygen atoms in total. The van der Waals surface area contributed by atoms with E-state index in [2.05, 4.69) is 10.3 Å². The van der Waals surface area contributed by atoms with E-state index in [0.717, 1.165) is 5.69 Å². The second kappa shape index (κ2) is 4.65. The first-order valence-corrected chi connectivity index (χ1v) is 5.11. The number of para-hydroxylation sites is 2. The van der Waals surface area contributed by atoms with E-state index < -0.39 is 4.92 Å². The zero-order valence-corrected chi connectivity index (χ0v) is 9.33. The van der Waals surface area contributed by atoms with E-state index in [1.165, 1.54) is 6.07 Å². The number of nitro benzene ring substituents is 1. The van der Waals surface area contributed by atoms with Crippen LogP contribution in [0.3, 0.4) is 0 Å². The topological polar surface area (TPSA) is 73.0 Å². The molecule has 0 unspecified atom stereocenters. The largest absolute Gasteiger partial charge is 0.374 e. The fraction of sp³-hybridized carbons (Fsp3) is 0.182. The minimum atomic E-state index is -0.397. The summed E-state index contributed by atoms with van der Waals surface area (Å²) in [5, 5.41) is 13.8. The number of benzene rings is 1. The van der Waals surface area contributed by atoms with Crippen molar-refractivity contribution < 1.29 is 4.92 Å². The average Bonchev–Trinajstić information content (AvgIpc) is 2.72. The van der Waals surface area contributed by atoms with E-state index in [1.807, 2.05) is 11.6 Å². The molecule has 1 N–H and O–H groups in total. The fourth-order valence-electron chi connectivity index (χ4n) is 1.52. The molecule has 6 heteroatoms. The predicted octanol–water partition coefficient (Wildman–Crippen LogP) is 1.94. The van der Waals surface area contributed by atoms with Crippen LogP contribution in [0.25, 0.3) is 0 Å². The van der Waals surface area contributed by atoms with Gasteiger partial charge in [-0.1, -0.05) is 12.1 Å². The molecule has 0 saturated heterocycles. The SMILES string of the molecule is Cn1cncc1CNc1ccccc1[N+](=O)[O-]. The molecule has 0 bridgehead atoms. The molecule has 0 aliphatic heterocycles. The van der Waals surface area contributed by atoms with Gasteiger partial charge in [-0.05, 0) is 6.07 Å². The lowest BCUT2D eigenvalue weighted by Crippen LogP contribution is -2.05. The summed E-state index contributed by atoms with van der Waals surface area (Å²) in [6, 6.07) is 6.58. The monoisotopic (exact) mass is 232 g/mol. The van der Waals surface area contributed by atoms with Gasteiger partial charge in [-0.15, -0.1) is 0 Å². The number of aromatic nitrogens is 2. The lowest BCUT2D eigenvalue weighted by molar-refractivity contribution is -0.384. The molecule has 0 aliphatic carbocycles. The van der Waals surface area contributed by atoms with Gasteiger partial charge in [0.15, 0.2) is 0 Å². The number of nitro groups is 1. The molecule has 0 aliphatic rings. The van der Waals surface area contributed by atoms with E-state index in [-0.39, 0.29) is 5.69 Å². The average molecular weight is 232 g/mol. The standard InChI is InChI=1S/C11H12N4O2/c1-14-8-12-6-9(14)7-13-10-4-2-3-5-11(10)15(16)17/h2-6,8,13H,7H2,1H3. The Hall–Kier alpha value is -2.37. The second-order valence-electron chi connectivity index (χ2n) is 3.62. The third-order valence-electron chi connectivity index (χ3n) is 2.48. The number of hydrogen-bond acceptors (Lipinski definition) is 4. The molecular weight excluding hydrogens is 220 g/mol. The van der Waals surface area contributed by atoms with Gasteiger partial charge in [-0.2, -0.15) is 0 Å². The molecule has 17 heavy (non-hydrogen) atoms. The maximum atomic E-state index is 10.8. The van der Waals surface area contributed by atoms with Crippen LogP contribution in [0.1, 0.15) is 5.69 Å². The van der Waals surface area contributed by atoms with Gasteiger partial charge in [0.2, 0.25) is 0 Å². The molecule has 0 saturated carbocycles. The van der Waals surface area contributed by atoms with Crippen LogP contribution < -0.4 is 5.32 Å². The Kier molecular flexibility index (Phi) is 3.04. The van der Waals surface area contributed by atoms with Crippen molar-refractivity contribution in [2.75, 3.05) is 5.32 Å². The molecule has 0 fully saturated rings. The number of rotatable bonds is 4. The number of anilines is 1. The summed E-state index contributed by atoms with van der Waals surface area (Å²) in [7, 11) is 1.88. The van der Waals surface area contributed by atoms with E-state index in [1.54, 1.807) is 30.7 Å². The Morgan fingerprint density at radius 3 is 2.88 bits per heavy atom. The minimum absolute atomic E-state index is 0.0784. The van der Waals surface area contributed by atoms with Crippen LogP contribution >= 0.6 is 0 Å². The number of nitrogens with zero attached hydrogens (tertiary/aromatic N) is 3. The highest BCUT2D eigenvalue weighted by Gasteiger charge is 2.11. The Bertz CT molecular complexity index is 536. The summed E-state index contributed by atoms with van der Waals surface area (Å²) in [5.74, 6) is 0. The molecule has 0 atom stereocenters. The lowest BCUT2D eigenvalue weighted by atomic mass is 10.2. The van der Waals surface area contributed by atoms with Gasteiger partial charge in [0, 0.05) is 19.3 Å². The third kappa shape index (κ3) is 2.41. The zero-order chi connectivity index (χ0) is 12.3. The number of nitrogens with one attached hydrogen (secondary N) is 1. The molecule has 1 aromatic carbocycles. The summed E-state index contributed by atoms with van der Waals surface area (Å²) < 4.78 is 1.86. The van der Waals surface area contributed by atoms with E-state index in [0.29, 0.717) is 12.2 Å². The van der Waals surface area contributed by atoms with Crippen molar-refractivity contribution in [3.05, 3.63) is 52.6 Å². The molecule has 0 radical (unpaired) electrons. The van der Waals surface area contributed by atoms with Crippen molar-refractivity contribution in [3.63, 3.8) is 0 Å². The van der Waals surface area contributed by atoms with Gasteiger partial charge in [-0.25, -0.2) is 4.98 Å². The highest BCUT2D eigenvalue weighted by molar-refractivity contribution is 5.61. The molecule has 1 aromatic heterocycles. The summed E-state index contributed by atoms with van der Waals surface area (Å²) in [5.41, 5.74) is 1.55. The fourth-order valence-corrected chi connectivity index (χ4v) is 1.52. The second-order valence-corrected chi connectivity index (χ2v) is 3.62.